The van der Waals surface area contributed by atoms with Crippen LogP contribution in [0, 0.1) is 0 Å². The molecular weight excluding hydrogens is 236 g/mol. The largest absolute Gasteiger partial charge is 0.862 e. The molecule has 18 heavy (non-hydrogen) atoms. The fraction of sp³-hybridized carbons (Fsp3) is 0.727. The van der Waals surface area contributed by atoms with Crippen LogP contribution in [0.1, 0.15) is 44.9 Å². The Labute approximate surface area is 105 Å². The summed E-state index contributed by atoms with van der Waals surface area (Å²) in [5.74, 6) is -0.290. The van der Waals surface area contributed by atoms with Crippen LogP contribution in [0.3, 0.4) is 0 Å². The van der Waals surface area contributed by atoms with Crippen molar-refractivity contribution in [3.05, 3.63) is 5.69 Å². The summed E-state index contributed by atoms with van der Waals surface area (Å²) in [6.07, 6.45) is 2.57. The summed E-state index contributed by atoms with van der Waals surface area (Å²) >= 11 is 0. The molecule has 0 radical (unpaired) electrons. The summed E-state index contributed by atoms with van der Waals surface area (Å²) in [5.41, 5.74) is 0.423. The molecular formula is C11H18N4O3. The van der Waals surface area contributed by atoms with Gasteiger partial charge in [-0.15, -0.1) is 0 Å². The van der Waals surface area contributed by atoms with Gasteiger partial charge in [-0.3, -0.25) is 4.52 Å². The fourth-order valence-corrected chi connectivity index (χ4v) is 2.09. The van der Waals surface area contributed by atoms with Crippen LogP contribution in [0.5, 0.6) is 0 Å². The number of aliphatic hydroxyl groups excluding tert-OH is 1. The van der Waals surface area contributed by atoms with Gasteiger partial charge in [0.15, 0.2) is 0 Å². The van der Waals surface area contributed by atoms with E-state index in [4.69, 9.17) is 4.52 Å². The average molecular weight is 254 g/mol. The van der Waals surface area contributed by atoms with Crippen LogP contribution in [0.2, 0.25) is 0 Å². The highest BCUT2D eigenvalue weighted by atomic mass is 16.5. The van der Waals surface area contributed by atoms with Gasteiger partial charge in [0.05, 0.1) is 17.9 Å². The number of hydrogen-bond donors (Lipinski definition) is 1. The quantitative estimate of drug-likeness (QED) is 0.448. The topological polar surface area (TPSA) is 88.8 Å². The monoisotopic (exact) mass is 254 g/mol. The van der Waals surface area contributed by atoms with E-state index in [1.165, 1.54) is 18.1 Å². The molecule has 0 aromatic carbocycles. The van der Waals surface area contributed by atoms with Crippen molar-refractivity contribution >= 4 is 11.8 Å². The first kappa shape index (κ1) is 12.8. The minimum Gasteiger partial charge on any atom is -0.862 e. The van der Waals surface area contributed by atoms with E-state index in [9.17, 15) is 10.2 Å². The summed E-state index contributed by atoms with van der Waals surface area (Å²) < 4.78 is 5.04. The summed E-state index contributed by atoms with van der Waals surface area (Å²) in [5, 5.41) is 26.7. The molecule has 1 unspecified atom stereocenters. The molecule has 0 aliphatic carbocycles. The maximum absolute atomic E-state index is 11.0. The fourth-order valence-electron chi connectivity index (χ4n) is 2.09. The van der Waals surface area contributed by atoms with Gasteiger partial charge < -0.3 is 10.2 Å². The number of aliphatic imine (C=N–C) groups is 1. The molecule has 7 heteroatoms. The number of hydrogen-bond acceptors (Lipinski definition) is 6. The third-order valence-corrected chi connectivity index (χ3v) is 2.89. The third-order valence-electron chi connectivity index (χ3n) is 2.89. The van der Waals surface area contributed by atoms with Crippen molar-refractivity contribution in [3.8, 4) is 0 Å². The maximum atomic E-state index is 11.0. The summed E-state index contributed by atoms with van der Waals surface area (Å²) in [6.45, 7) is 4.65. The Morgan fingerprint density at radius 1 is 1.50 bits per heavy atom. The molecule has 1 aliphatic heterocycles. The number of piperidine rings is 1. The Bertz CT molecular complexity index is 431. The molecule has 2 heterocycles. The van der Waals surface area contributed by atoms with Gasteiger partial charge >= 0.3 is 11.6 Å². The van der Waals surface area contributed by atoms with Crippen molar-refractivity contribution in [2.75, 3.05) is 18.1 Å². The van der Waals surface area contributed by atoms with Crippen molar-refractivity contribution in [1.29, 1.82) is 0 Å². The summed E-state index contributed by atoms with van der Waals surface area (Å²) in [4.78, 5) is 5.25. The van der Waals surface area contributed by atoms with Crippen molar-refractivity contribution < 1.29 is 19.5 Å². The van der Waals surface area contributed by atoms with Crippen LogP contribution < -0.4 is 14.9 Å². The lowest BCUT2D eigenvalue weighted by Gasteiger charge is -2.19. The molecule has 7 nitrogen and oxygen atoms in total. The number of nitrogens with zero attached hydrogens (tertiary/aromatic N) is 4. The van der Waals surface area contributed by atoms with Crippen LogP contribution in [0.25, 0.3) is 0 Å². The van der Waals surface area contributed by atoms with Crippen LogP contribution in [-0.4, -0.2) is 29.4 Å². The molecule has 2 rings (SSSR count). The summed E-state index contributed by atoms with van der Waals surface area (Å²) in [6, 6.07) is 0. The normalized spacial score (nSPS) is 19.1. The molecule has 1 aliphatic rings. The lowest BCUT2D eigenvalue weighted by Crippen LogP contribution is -2.63. The van der Waals surface area contributed by atoms with Gasteiger partial charge in [0, 0.05) is 0 Å². The van der Waals surface area contributed by atoms with Gasteiger partial charge in [-0.05, 0) is 39.0 Å². The zero-order valence-corrected chi connectivity index (χ0v) is 10.7. The molecule has 1 saturated heterocycles. The van der Waals surface area contributed by atoms with Gasteiger partial charge in [0.2, 0.25) is 5.27 Å². The number of aromatic nitrogens is 2. The SMILES string of the molecule is C/C([O-])=N/c1on[n+](N2CCCCC2)c1C(C)O. The van der Waals surface area contributed by atoms with Crippen LogP contribution >= 0.6 is 0 Å². The Morgan fingerprint density at radius 3 is 2.72 bits per heavy atom. The van der Waals surface area contributed by atoms with Crippen molar-refractivity contribution in [2.24, 2.45) is 4.99 Å². The smallest absolute Gasteiger partial charge is 0.338 e. The van der Waals surface area contributed by atoms with Gasteiger partial charge in [-0.2, -0.15) is 5.01 Å². The van der Waals surface area contributed by atoms with Gasteiger partial charge in [0.1, 0.15) is 6.10 Å². The predicted octanol–water partition coefficient (Wildman–Crippen LogP) is -0.452. The van der Waals surface area contributed by atoms with E-state index >= 15 is 0 Å². The number of rotatable bonds is 3. The first-order valence-electron chi connectivity index (χ1n) is 6.17. The maximum Gasteiger partial charge on any atom is 0.338 e. The van der Waals surface area contributed by atoms with E-state index in [-0.39, 0.29) is 11.8 Å². The highest BCUT2D eigenvalue weighted by Crippen LogP contribution is 2.21. The molecule has 1 atom stereocenters. The average Bonchev–Trinajstić information content (AvgIpc) is 2.73. The van der Waals surface area contributed by atoms with Gasteiger partial charge in [-0.1, -0.05) is 0 Å². The second kappa shape index (κ2) is 5.34. The molecule has 1 fully saturated rings. The minimum absolute atomic E-state index is 0.0862. The zero-order chi connectivity index (χ0) is 13.1. The second-order valence-electron chi connectivity index (χ2n) is 4.47. The van der Waals surface area contributed by atoms with E-state index in [0.717, 1.165) is 25.9 Å². The van der Waals surface area contributed by atoms with Crippen LogP contribution in [0.15, 0.2) is 9.52 Å². The number of aliphatic hydroxyl groups is 1. The molecule has 0 bridgehead atoms. The molecule has 100 valence electrons. The lowest BCUT2D eigenvalue weighted by molar-refractivity contribution is -0.767. The van der Waals surface area contributed by atoms with Crippen molar-refractivity contribution in [1.82, 2.24) is 5.27 Å². The van der Waals surface area contributed by atoms with Gasteiger partial charge in [0.25, 0.3) is 0 Å². The Kier molecular flexibility index (Phi) is 3.81. The van der Waals surface area contributed by atoms with E-state index < -0.39 is 6.10 Å². The van der Waals surface area contributed by atoms with Crippen LogP contribution in [-0.2, 0) is 0 Å². The first-order chi connectivity index (χ1) is 8.59. The zero-order valence-electron chi connectivity index (χ0n) is 10.7. The molecule has 1 N–H and O–H groups in total. The standard InChI is InChI=1S/C11H18N4O3/c1-8(16)10-11(12-9(2)17)18-13-15(10)14-6-4-3-5-7-14/h8,16H,3-7H2,1-2H3. The first-order valence-corrected chi connectivity index (χ1v) is 6.17. The van der Waals surface area contributed by atoms with Crippen LogP contribution in [0.4, 0.5) is 5.88 Å². The molecule has 0 saturated carbocycles. The van der Waals surface area contributed by atoms with Crippen molar-refractivity contribution in [2.45, 2.75) is 39.2 Å². The van der Waals surface area contributed by atoms with E-state index in [0.29, 0.717) is 5.69 Å². The third kappa shape index (κ3) is 2.61. The highest BCUT2D eigenvalue weighted by molar-refractivity contribution is 5.71. The van der Waals surface area contributed by atoms with E-state index in [1.54, 1.807) is 6.92 Å². The lowest BCUT2D eigenvalue weighted by atomic mass is 10.2. The molecule has 0 amide bonds. The van der Waals surface area contributed by atoms with E-state index in [1.807, 2.05) is 5.01 Å². The summed E-state index contributed by atoms with van der Waals surface area (Å²) in [7, 11) is 0. The van der Waals surface area contributed by atoms with Crippen molar-refractivity contribution in [3.63, 3.8) is 0 Å². The molecule has 0 spiro atoms. The Hall–Kier alpha value is -1.63. The minimum atomic E-state index is -0.795. The highest BCUT2D eigenvalue weighted by Gasteiger charge is 2.34. The molecule has 1 aromatic rings. The Balaban J connectivity index is 2.35. The molecule has 1 aromatic heterocycles. The second-order valence-corrected chi connectivity index (χ2v) is 4.47. The predicted molar refractivity (Wildman–Crippen MR) is 61.9 cm³/mol. The van der Waals surface area contributed by atoms with Gasteiger partial charge in [-0.25, -0.2) is 4.99 Å². The van der Waals surface area contributed by atoms with E-state index in [2.05, 4.69) is 10.3 Å². The Morgan fingerprint density at radius 2 is 2.17 bits per heavy atom.